The van der Waals surface area contributed by atoms with Crippen LogP contribution in [0.15, 0.2) is 24.3 Å². The predicted molar refractivity (Wildman–Crippen MR) is 64.4 cm³/mol. The van der Waals surface area contributed by atoms with Crippen molar-refractivity contribution in [2.24, 2.45) is 11.7 Å². The summed E-state index contributed by atoms with van der Waals surface area (Å²) in [6.07, 6.45) is 4.03. The fourth-order valence-electron chi connectivity index (χ4n) is 2.77. The van der Waals surface area contributed by atoms with Crippen molar-refractivity contribution < 1.29 is 4.74 Å². The van der Waals surface area contributed by atoms with E-state index >= 15 is 0 Å². The number of rotatable bonds is 4. The Balaban J connectivity index is 1.45. The van der Waals surface area contributed by atoms with Gasteiger partial charge in [-0.2, -0.15) is 0 Å². The summed E-state index contributed by atoms with van der Waals surface area (Å²) in [6.45, 7) is 1.73. The summed E-state index contributed by atoms with van der Waals surface area (Å²) in [7, 11) is 0. The van der Waals surface area contributed by atoms with Crippen LogP contribution in [0.25, 0.3) is 0 Å². The number of benzene rings is 1. The van der Waals surface area contributed by atoms with E-state index in [1.807, 2.05) is 0 Å². The van der Waals surface area contributed by atoms with Gasteiger partial charge in [0.1, 0.15) is 0 Å². The largest absolute Gasteiger partial charge is 0.378 e. The molecule has 1 saturated carbocycles. The summed E-state index contributed by atoms with van der Waals surface area (Å²) >= 11 is 0. The first kappa shape index (κ1) is 10.3. The minimum atomic E-state index is 0.487. The van der Waals surface area contributed by atoms with Gasteiger partial charge in [-0.15, -0.1) is 0 Å². The van der Waals surface area contributed by atoms with Gasteiger partial charge in [-0.05, 0) is 42.9 Å². The van der Waals surface area contributed by atoms with Crippen molar-refractivity contribution in [3.63, 3.8) is 0 Å². The monoisotopic (exact) mass is 217 g/mol. The highest BCUT2D eigenvalue weighted by Gasteiger charge is 2.31. The van der Waals surface area contributed by atoms with Crippen molar-refractivity contribution in [2.75, 3.05) is 13.2 Å². The molecule has 86 valence electrons. The number of hydrogen-bond acceptors (Lipinski definition) is 2. The second kappa shape index (κ2) is 4.19. The van der Waals surface area contributed by atoms with Gasteiger partial charge in [-0.1, -0.05) is 24.3 Å². The molecule has 1 aromatic rings. The van der Waals surface area contributed by atoms with Gasteiger partial charge < -0.3 is 10.5 Å². The van der Waals surface area contributed by atoms with Crippen molar-refractivity contribution in [3.05, 3.63) is 35.4 Å². The molecule has 0 spiro atoms. The number of nitrogens with two attached hydrogens (primary N) is 1. The maximum absolute atomic E-state index is 5.92. The average molecular weight is 217 g/mol. The molecule has 0 aliphatic heterocycles. The molecule has 3 rings (SSSR count). The smallest absolute Gasteiger partial charge is 0.0581 e. The van der Waals surface area contributed by atoms with Crippen LogP contribution in [0.5, 0.6) is 0 Å². The fraction of sp³-hybridized carbons (Fsp3) is 0.571. The highest BCUT2D eigenvalue weighted by molar-refractivity contribution is 5.39. The van der Waals surface area contributed by atoms with Gasteiger partial charge in [0.05, 0.1) is 12.7 Å². The van der Waals surface area contributed by atoms with Crippen LogP contribution in [0.1, 0.15) is 29.9 Å². The molecule has 1 unspecified atom stereocenters. The first-order chi connectivity index (χ1) is 7.86. The first-order valence-corrected chi connectivity index (χ1v) is 6.26. The molecule has 0 radical (unpaired) electrons. The Kier molecular flexibility index (Phi) is 2.70. The lowest BCUT2D eigenvalue weighted by atomic mass is 9.78. The summed E-state index contributed by atoms with van der Waals surface area (Å²) in [5.74, 6) is 1.37. The zero-order valence-electron chi connectivity index (χ0n) is 9.56. The summed E-state index contributed by atoms with van der Waals surface area (Å²) in [5.41, 5.74) is 8.60. The van der Waals surface area contributed by atoms with Crippen LogP contribution in [0.2, 0.25) is 0 Å². The molecule has 1 fully saturated rings. The molecule has 16 heavy (non-hydrogen) atoms. The number of hydrogen-bond donors (Lipinski definition) is 1. The van der Waals surface area contributed by atoms with Crippen molar-refractivity contribution in [1.29, 1.82) is 0 Å². The maximum Gasteiger partial charge on any atom is 0.0581 e. The molecule has 0 amide bonds. The predicted octanol–water partition coefficient (Wildman–Crippen LogP) is 2.08. The van der Waals surface area contributed by atoms with Gasteiger partial charge in [-0.25, -0.2) is 0 Å². The molecule has 0 heterocycles. The molecular weight excluding hydrogens is 198 g/mol. The second-order valence-electron chi connectivity index (χ2n) is 5.13. The lowest BCUT2D eigenvalue weighted by molar-refractivity contribution is -0.0356. The normalized spacial score (nSPS) is 31.4. The quantitative estimate of drug-likeness (QED) is 0.838. The van der Waals surface area contributed by atoms with Crippen LogP contribution in [0.3, 0.4) is 0 Å². The van der Waals surface area contributed by atoms with Crippen molar-refractivity contribution >= 4 is 0 Å². The van der Waals surface area contributed by atoms with E-state index in [2.05, 4.69) is 24.3 Å². The molecule has 2 aliphatic rings. The van der Waals surface area contributed by atoms with E-state index in [1.165, 1.54) is 30.4 Å². The number of ether oxygens (including phenoxy) is 1. The van der Waals surface area contributed by atoms with E-state index in [9.17, 15) is 0 Å². The van der Waals surface area contributed by atoms with Crippen molar-refractivity contribution in [1.82, 2.24) is 0 Å². The van der Waals surface area contributed by atoms with Gasteiger partial charge in [0, 0.05) is 5.92 Å². The van der Waals surface area contributed by atoms with Crippen molar-refractivity contribution in [3.8, 4) is 0 Å². The average Bonchev–Trinajstić information content (AvgIpc) is 2.22. The molecule has 0 aromatic heterocycles. The maximum atomic E-state index is 5.92. The summed E-state index contributed by atoms with van der Waals surface area (Å²) in [5, 5.41) is 0. The van der Waals surface area contributed by atoms with Crippen LogP contribution in [-0.2, 0) is 11.2 Å². The Hall–Kier alpha value is -0.860. The van der Waals surface area contributed by atoms with Crippen LogP contribution in [0.4, 0.5) is 0 Å². The fourth-order valence-corrected chi connectivity index (χ4v) is 2.77. The summed E-state index contributed by atoms with van der Waals surface area (Å²) in [6, 6.07) is 8.70. The van der Waals surface area contributed by atoms with Crippen LogP contribution in [0, 0.1) is 5.92 Å². The zero-order valence-corrected chi connectivity index (χ0v) is 9.56. The topological polar surface area (TPSA) is 35.2 Å². The second-order valence-corrected chi connectivity index (χ2v) is 5.13. The van der Waals surface area contributed by atoms with Gasteiger partial charge in [-0.3, -0.25) is 0 Å². The molecule has 1 aromatic carbocycles. The van der Waals surface area contributed by atoms with Crippen molar-refractivity contribution in [2.45, 2.75) is 31.3 Å². The molecule has 2 N–H and O–H groups in total. The van der Waals surface area contributed by atoms with E-state index in [0.717, 1.165) is 19.1 Å². The number of fused-ring (bicyclic) bond motifs is 1. The standard InChI is InChI=1S/C14H19NO/c15-8-10-5-13(6-10)16-9-12-7-11-3-1-2-4-14(11)12/h1-4,10,12-13H,5-9,15H2. The first-order valence-electron chi connectivity index (χ1n) is 6.26. The van der Waals surface area contributed by atoms with E-state index in [-0.39, 0.29) is 0 Å². The Bertz CT molecular complexity index is 371. The highest BCUT2D eigenvalue weighted by atomic mass is 16.5. The minimum Gasteiger partial charge on any atom is -0.378 e. The molecule has 2 heteroatoms. The Labute approximate surface area is 96.8 Å². The van der Waals surface area contributed by atoms with Crippen LogP contribution >= 0.6 is 0 Å². The summed E-state index contributed by atoms with van der Waals surface area (Å²) in [4.78, 5) is 0. The third-order valence-corrected chi connectivity index (χ3v) is 4.02. The molecular formula is C14H19NO. The molecule has 0 saturated heterocycles. The Morgan fingerprint density at radius 2 is 2.06 bits per heavy atom. The molecule has 2 nitrogen and oxygen atoms in total. The van der Waals surface area contributed by atoms with E-state index in [0.29, 0.717) is 12.0 Å². The van der Waals surface area contributed by atoms with Gasteiger partial charge in [0.2, 0.25) is 0 Å². The Morgan fingerprint density at radius 3 is 2.81 bits per heavy atom. The lowest BCUT2D eigenvalue weighted by Gasteiger charge is -2.37. The molecule has 2 aliphatic carbocycles. The van der Waals surface area contributed by atoms with Gasteiger partial charge >= 0.3 is 0 Å². The zero-order chi connectivity index (χ0) is 11.0. The minimum absolute atomic E-state index is 0.487. The van der Waals surface area contributed by atoms with E-state index < -0.39 is 0 Å². The van der Waals surface area contributed by atoms with Crippen LogP contribution in [-0.4, -0.2) is 19.3 Å². The highest BCUT2D eigenvalue weighted by Crippen LogP contribution is 2.37. The molecule has 1 atom stereocenters. The Morgan fingerprint density at radius 1 is 1.25 bits per heavy atom. The van der Waals surface area contributed by atoms with Gasteiger partial charge in [0.25, 0.3) is 0 Å². The van der Waals surface area contributed by atoms with E-state index in [4.69, 9.17) is 10.5 Å². The van der Waals surface area contributed by atoms with Crippen LogP contribution < -0.4 is 5.73 Å². The lowest BCUT2D eigenvalue weighted by Crippen LogP contribution is -2.37. The third kappa shape index (κ3) is 1.76. The van der Waals surface area contributed by atoms with E-state index in [1.54, 1.807) is 0 Å². The summed E-state index contributed by atoms with van der Waals surface area (Å²) < 4.78 is 5.92. The van der Waals surface area contributed by atoms with Gasteiger partial charge in [0.15, 0.2) is 0 Å². The molecule has 0 bridgehead atoms. The third-order valence-electron chi connectivity index (χ3n) is 4.02. The SMILES string of the molecule is NCC1CC(OCC2Cc3ccccc32)C1.